The van der Waals surface area contributed by atoms with E-state index < -0.39 is 0 Å². The van der Waals surface area contributed by atoms with Gasteiger partial charge in [0.15, 0.2) is 11.6 Å². The van der Waals surface area contributed by atoms with Crippen LogP contribution >= 0.6 is 0 Å². The number of fused-ring (bicyclic) bond motifs is 1. The summed E-state index contributed by atoms with van der Waals surface area (Å²) in [6.45, 7) is 20.2. The monoisotopic (exact) mass is 550 g/mol. The summed E-state index contributed by atoms with van der Waals surface area (Å²) in [6, 6.07) is 3.81. The smallest absolute Gasteiger partial charge is 0.190 e. The van der Waals surface area contributed by atoms with Crippen molar-refractivity contribution in [3.05, 3.63) is 45.5 Å². The molecule has 0 aromatic heterocycles. The van der Waals surface area contributed by atoms with Crippen molar-refractivity contribution in [1.82, 2.24) is 0 Å². The van der Waals surface area contributed by atoms with Crippen LogP contribution in [0.4, 0.5) is 0 Å². The third kappa shape index (κ3) is 11.3. The molecule has 0 radical (unpaired) electrons. The van der Waals surface area contributed by atoms with E-state index in [1.807, 2.05) is 32.9 Å². The van der Waals surface area contributed by atoms with Crippen molar-refractivity contribution in [1.29, 1.82) is 0 Å². The number of rotatable bonds is 19. The van der Waals surface area contributed by atoms with Crippen LogP contribution in [-0.2, 0) is 0 Å². The molecule has 1 aromatic carbocycles. The van der Waals surface area contributed by atoms with E-state index in [2.05, 4.69) is 41.5 Å². The maximum Gasteiger partial charge on any atom is 0.190 e. The van der Waals surface area contributed by atoms with Gasteiger partial charge in [-0.1, -0.05) is 119 Å². The topological polar surface area (TPSA) is 34.1 Å². The van der Waals surface area contributed by atoms with Gasteiger partial charge in [-0.05, 0) is 86.5 Å². The number of Topliss-reactive ketones (excluding diaryl/α,β-unsaturated/α-hetero) is 2. The van der Waals surface area contributed by atoms with Gasteiger partial charge in [0.1, 0.15) is 0 Å². The average Bonchev–Trinajstić information content (AvgIpc) is 2.88. The van der Waals surface area contributed by atoms with E-state index in [0.29, 0.717) is 29.0 Å². The summed E-state index contributed by atoms with van der Waals surface area (Å²) in [4.78, 5) is 26.2. The number of hydrogen-bond donors (Lipinski definition) is 0. The van der Waals surface area contributed by atoms with Crippen molar-refractivity contribution in [3.63, 3.8) is 0 Å². The molecule has 0 heterocycles. The van der Waals surface area contributed by atoms with Crippen molar-refractivity contribution in [2.45, 2.75) is 152 Å². The number of hydrogen-bond acceptors (Lipinski definition) is 2. The Labute approximate surface area is 248 Å². The molecular formula is C38H62O2. The summed E-state index contributed by atoms with van der Waals surface area (Å²) < 4.78 is 0. The van der Waals surface area contributed by atoms with E-state index in [1.165, 1.54) is 77.0 Å². The fraction of sp³-hybridized carbons (Fsp3) is 0.737. The van der Waals surface area contributed by atoms with Crippen LogP contribution < -0.4 is 0 Å². The molecule has 0 saturated heterocycles. The molecule has 1 aliphatic rings. The van der Waals surface area contributed by atoms with E-state index in [9.17, 15) is 9.59 Å². The van der Waals surface area contributed by atoms with Gasteiger partial charge < -0.3 is 0 Å². The van der Waals surface area contributed by atoms with Gasteiger partial charge in [0.25, 0.3) is 0 Å². The minimum atomic E-state index is 0.0372. The lowest BCUT2D eigenvalue weighted by Gasteiger charge is -2.22. The number of allylic oxidation sites excluding steroid dienone is 2. The van der Waals surface area contributed by atoms with Crippen molar-refractivity contribution in [2.24, 2.45) is 29.6 Å². The fourth-order valence-corrected chi connectivity index (χ4v) is 6.45. The summed E-state index contributed by atoms with van der Waals surface area (Å²) in [5.74, 6) is 4.08. The van der Waals surface area contributed by atoms with Gasteiger partial charge in [-0.25, -0.2) is 0 Å². The third-order valence-corrected chi connectivity index (χ3v) is 9.74. The van der Waals surface area contributed by atoms with Gasteiger partial charge in [-0.3, -0.25) is 9.59 Å². The molecule has 0 N–H and O–H groups in total. The Morgan fingerprint density at radius 3 is 1.25 bits per heavy atom. The van der Waals surface area contributed by atoms with Crippen LogP contribution in [-0.4, -0.2) is 11.6 Å². The Balaban J connectivity index is 1.61. The molecule has 4 atom stereocenters. The minimum absolute atomic E-state index is 0.0372. The number of aryl methyl sites for hydroxylation is 2. The second kappa shape index (κ2) is 17.3. The summed E-state index contributed by atoms with van der Waals surface area (Å²) in [5, 5.41) is 0. The first kappa shape index (κ1) is 34.5. The fourth-order valence-electron chi connectivity index (χ4n) is 6.45. The van der Waals surface area contributed by atoms with Crippen molar-refractivity contribution in [3.8, 4) is 0 Å². The van der Waals surface area contributed by atoms with Crippen molar-refractivity contribution in [2.75, 3.05) is 0 Å². The molecule has 0 saturated carbocycles. The first-order valence-corrected chi connectivity index (χ1v) is 16.8. The molecule has 0 amide bonds. The van der Waals surface area contributed by atoms with Crippen LogP contribution in [0.15, 0.2) is 23.3 Å². The Morgan fingerprint density at radius 2 is 0.850 bits per heavy atom. The lowest BCUT2D eigenvalue weighted by molar-refractivity contribution is 0.0971. The molecule has 2 heteroatoms. The Hall–Kier alpha value is -1.70. The van der Waals surface area contributed by atoms with E-state index in [-0.39, 0.29) is 11.6 Å². The summed E-state index contributed by atoms with van der Waals surface area (Å²) in [6.07, 6.45) is 18.0. The van der Waals surface area contributed by atoms with E-state index in [1.54, 1.807) is 0 Å². The highest BCUT2D eigenvalue weighted by molar-refractivity contribution is 6.26. The van der Waals surface area contributed by atoms with Gasteiger partial charge in [0.05, 0.1) is 0 Å². The van der Waals surface area contributed by atoms with E-state index in [0.717, 1.165) is 46.8 Å². The second-order valence-electron chi connectivity index (χ2n) is 14.3. The zero-order valence-corrected chi connectivity index (χ0v) is 27.8. The molecule has 0 bridgehead atoms. The SMILES string of the molecule is CC1=C(CCC(C)CCCC(C)CCCC(C)CCCC(C)CCCC(C)C)C(=O)c2cc(C)c(C)cc2C1=O. The molecule has 2 nitrogen and oxygen atoms in total. The number of carbonyl (C=O) groups is 2. The predicted octanol–water partition coefficient (Wildman–Crippen LogP) is 11.7. The second-order valence-corrected chi connectivity index (χ2v) is 14.3. The van der Waals surface area contributed by atoms with Crippen LogP contribution in [0, 0.1) is 43.4 Å². The van der Waals surface area contributed by atoms with Crippen molar-refractivity contribution < 1.29 is 9.59 Å². The molecule has 1 aliphatic carbocycles. The highest BCUT2D eigenvalue weighted by Gasteiger charge is 2.30. The number of benzene rings is 1. The van der Waals surface area contributed by atoms with Gasteiger partial charge in [-0.2, -0.15) is 0 Å². The summed E-state index contributed by atoms with van der Waals surface area (Å²) in [7, 11) is 0. The molecule has 226 valence electrons. The first-order valence-electron chi connectivity index (χ1n) is 16.8. The Bertz CT molecular complexity index is 981. The minimum Gasteiger partial charge on any atom is -0.289 e. The predicted molar refractivity (Wildman–Crippen MR) is 173 cm³/mol. The Morgan fingerprint density at radius 1 is 0.500 bits per heavy atom. The van der Waals surface area contributed by atoms with Crippen LogP contribution in [0.25, 0.3) is 0 Å². The third-order valence-electron chi connectivity index (χ3n) is 9.74. The molecule has 2 rings (SSSR count). The van der Waals surface area contributed by atoms with Gasteiger partial charge in [0, 0.05) is 22.3 Å². The molecule has 0 aliphatic heterocycles. The zero-order chi connectivity index (χ0) is 29.8. The van der Waals surface area contributed by atoms with Gasteiger partial charge in [-0.15, -0.1) is 0 Å². The van der Waals surface area contributed by atoms with Crippen LogP contribution in [0.2, 0.25) is 0 Å². The van der Waals surface area contributed by atoms with E-state index >= 15 is 0 Å². The first-order chi connectivity index (χ1) is 18.9. The summed E-state index contributed by atoms with van der Waals surface area (Å²) in [5.41, 5.74) is 4.75. The molecule has 0 fully saturated rings. The molecular weight excluding hydrogens is 488 g/mol. The quantitative estimate of drug-likeness (QED) is 0.172. The average molecular weight is 551 g/mol. The normalized spacial score (nSPS) is 16.9. The highest BCUT2D eigenvalue weighted by Crippen LogP contribution is 2.32. The zero-order valence-electron chi connectivity index (χ0n) is 27.8. The number of ketones is 2. The number of carbonyl (C=O) groups excluding carboxylic acids is 2. The molecule has 40 heavy (non-hydrogen) atoms. The van der Waals surface area contributed by atoms with Gasteiger partial charge >= 0.3 is 0 Å². The molecule has 0 spiro atoms. The standard InChI is InChI=1S/C38H62O2/c1-26(2)14-10-15-27(3)16-11-17-28(4)18-12-19-29(5)20-13-21-30(6)22-23-34-33(9)37(39)35-24-31(7)32(8)25-36(35)38(34)40/h24-30H,10-23H2,1-9H3. The maximum atomic E-state index is 13.2. The maximum absolute atomic E-state index is 13.2. The lowest BCUT2D eigenvalue weighted by Crippen LogP contribution is -2.22. The molecule has 4 unspecified atom stereocenters. The van der Waals surface area contributed by atoms with Crippen LogP contribution in [0.3, 0.4) is 0 Å². The van der Waals surface area contributed by atoms with Crippen LogP contribution in [0.5, 0.6) is 0 Å². The van der Waals surface area contributed by atoms with E-state index in [4.69, 9.17) is 0 Å². The lowest BCUT2D eigenvalue weighted by atomic mass is 9.80. The Kier molecular flexibility index (Phi) is 14.9. The van der Waals surface area contributed by atoms with Crippen LogP contribution in [0.1, 0.15) is 170 Å². The van der Waals surface area contributed by atoms with Crippen molar-refractivity contribution >= 4 is 11.6 Å². The molecule has 1 aromatic rings. The summed E-state index contributed by atoms with van der Waals surface area (Å²) >= 11 is 0. The highest BCUT2D eigenvalue weighted by atomic mass is 16.1. The van der Waals surface area contributed by atoms with Gasteiger partial charge in [0.2, 0.25) is 0 Å². The largest absolute Gasteiger partial charge is 0.289 e.